The monoisotopic (exact) mass is 350 g/mol. The van der Waals surface area contributed by atoms with Crippen LogP contribution in [0.25, 0.3) is 11.5 Å². The SMILES string of the molecule is Cc1oc(-c2cccc(F)c2)nc1CN1CCC[C@@H](c2ccccc2)C1. The Hall–Kier alpha value is -2.46. The molecule has 0 radical (unpaired) electrons. The smallest absolute Gasteiger partial charge is 0.226 e. The van der Waals surface area contributed by atoms with Crippen LogP contribution in [0, 0.1) is 12.7 Å². The average Bonchev–Trinajstić information content (AvgIpc) is 3.03. The van der Waals surface area contributed by atoms with Crippen molar-refractivity contribution >= 4 is 0 Å². The summed E-state index contributed by atoms with van der Waals surface area (Å²) in [7, 11) is 0. The molecule has 0 N–H and O–H groups in total. The van der Waals surface area contributed by atoms with Gasteiger partial charge in [0.25, 0.3) is 0 Å². The second-order valence-corrected chi connectivity index (χ2v) is 7.02. The summed E-state index contributed by atoms with van der Waals surface area (Å²) in [6.07, 6.45) is 2.42. The molecule has 1 saturated heterocycles. The highest BCUT2D eigenvalue weighted by Crippen LogP contribution is 2.29. The van der Waals surface area contributed by atoms with Gasteiger partial charge < -0.3 is 4.42 Å². The summed E-state index contributed by atoms with van der Waals surface area (Å²) in [6.45, 7) is 4.81. The molecule has 1 fully saturated rings. The second kappa shape index (κ2) is 7.42. The van der Waals surface area contributed by atoms with E-state index in [4.69, 9.17) is 4.42 Å². The van der Waals surface area contributed by atoms with Gasteiger partial charge in [-0.2, -0.15) is 0 Å². The number of benzene rings is 2. The Bertz CT molecular complexity index is 875. The van der Waals surface area contributed by atoms with Crippen LogP contribution in [-0.4, -0.2) is 23.0 Å². The first-order chi connectivity index (χ1) is 12.7. The number of halogens is 1. The quantitative estimate of drug-likeness (QED) is 0.650. The lowest BCUT2D eigenvalue weighted by atomic mass is 9.90. The average molecular weight is 350 g/mol. The van der Waals surface area contributed by atoms with Gasteiger partial charge in [-0.1, -0.05) is 36.4 Å². The summed E-state index contributed by atoms with van der Waals surface area (Å²) in [5.41, 5.74) is 3.03. The topological polar surface area (TPSA) is 29.3 Å². The molecule has 0 bridgehead atoms. The van der Waals surface area contributed by atoms with Crippen molar-refractivity contribution in [2.45, 2.75) is 32.2 Å². The van der Waals surface area contributed by atoms with Crippen molar-refractivity contribution in [1.29, 1.82) is 0 Å². The maximum atomic E-state index is 13.5. The molecule has 2 aromatic carbocycles. The van der Waals surface area contributed by atoms with Crippen LogP contribution in [0.15, 0.2) is 59.0 Å². The van der Waals surface area contributed by atoms with Crippen molar-refractivity contribution in [1.82, 2.24) is 9.88 Å². The van der Waals surface area contributed by atoms with E-state index >= 15 is 0 Å². The summed E-state index contributed by atoms with van der Waals surface area (Å²) in [5, 5.41) is 0. The van der Waals surface area contributed by atoms with Gasteiger partial charge >= 0.3 is 0 Å². The lowest BCUT2D eigenvalue weighted by Crippen LogP contribution is -2.34. The largest absolute Gasteiger partial charge is 0.441 e. The molecule has 0 saturated carbocycles. The molecule has 3 aromatic rings. The number of hydrogen-bond donors (Lipinski definition) is 0. The minimum Gasteiger partial charge on any atom is -0.441 e. The van der Waals surface area contributed by atoms with Crippen molar-refractivity contribution in [3.8, 4) is 11.5 Å². The third-order valence-electron chi connectivity index (χ3n) is 5.11. The maximum Gasteiger partial charge on any atom is 0.226 e. The number of oxazole rings is 1. The van der Waals surface area contributed by atoms with Gasteiger partial charge in [-0.3, -0.25) is 4.90 Å². The van der Waals surface area contributed by atoms with Crippen LogP contribution in [0.1, 0.15) is 35.8 Å². The number of likely N-dealkylation sites (tertiary alicyclic amines) is 1. The highest BCUT2D eigenvalue weighted by Gasteiger charge is 2.23. The molecule has 26 heavy (non-hydrogen) atoms. The Kier molecular flexibility index (Phi) is 4.85. The molecule has 1 aromatic heterocycles. The highest BCUT2D eigenvalue weighted by atomic mass is 19.1. The standard InChI is InChI=1S/C22H23FN2O/c1-16-21(24-22(26-16)18-9-5-11-20(23)13-18)15-25-12-6-10-19(14-25)17-7-3-2-4-8-17/h2-5,7-9,11,13,19H,6,10,12,14-15H2,1H3/t19-/m1/s1. The van der Waals surface area contributed by atoms with E-state index < -0.39 is 0 Å². The van der Waals surface area contributed by atoms with E-state index in [2.05, 4.69) is 40.2 Å². The van der Waals surface area contributed by atoms with Gasteiger partial charge in [0.1, 0.15) is 11.6 Å². The van der Waals surface area contributed by atoms with Crippen LogP contribution in [0.5, 0.6) is 0 Å². The molecular weight excluding hydrogens is 327 g/mol. The summed E-state index contributed by atoms with van der Waals surface area (Å²) < 4.78 is 19.3. The number of nitrogens with zero attached hydrogens (tertiary/aromatic N) is 2. The first kappa shape index (κ1) is 17.0. The molecule has 0 unspecified atom stereocenters. The molecule has 0 amide bonds. The number of aryl methyl sites for hydroxylation is 1. The van der Waals surface area contributed by atoms with Crippen molar-refractivity contribution in [3.63, 3.8) is 0 Å². The molecule has 0 aliphatic carbocycles. The summed E-state index contributed by atoms with van der Waals surface area (Å²) in [6, 6.07) is 17.1. The zero-order valence-electron chi connectivity index (χ0n) is 15.0. The molecule has 0 spiro atoms. The lowest BCUT2D eigenvalue weighted by Gasteiger charge is -2.32. The zero-order valence-corrected chi connectivity index (χ0v) is 15.0. The minimum atomic E-state index is -0.276. The molecular formula is C22H23FN2O. The Morgan fingerprint density at radius 3 is 2.81 bits per heavy atom. The van der Waals surface area contributed by atoms with Crippen LogP contribution in [-0.2, 0) is 6.54 Å². The van der Waals surface area contributed by atoms with Crippen LogP contribution < -0.4 is 0 Å². The van der Waals surface area contributed by atoms with Crippen molar-refractivity contribution in [2.24, 2.45) is 0 Å². The lowest BCUT2D eigenvalue weighted by molar-refractivity contribution is 0.197. The molecule has 4 heteroatoms. The molecule has 3 nitrogen and oxygen atoms in total. The van der Waals surface area contributed by atoms with Gasteiger partial charge in [-0.05, 0) is 56.0 Å². The second-order valence-electron chi connectivity index (χ2n) is 7.02. The van der Waals surface area contributed by atoms with Crippen molar-refractivity contribution < 1.29 is 8.81 Å². The Labute approximate surface area is 153 Å². The Balaban J connectivity index is 1.49. The van der Waals surface area contributed by atoms with Gasteiger partial charge in [0, 0.05) is 18.7 Å². The van der Waals surface area contributed by atoms with Crippen molar-refractivity contribution in [2.75, 3.05) is 13.1 Å². The van der Waals surface area contributed by atoms with Gasteiger partial charge in [0.2, 0.25) is 5.89 Å². The van der Waals surface area contributed by atoms with E-state index in [0.717, 1.165) is 31.1 Å². The molecule has 134 valence electrons. The third-order valence-corrected chi connectivity index (χ3v) is 5.11. The van der Waals surface area contributed by atoms with Gasteiger partial charge in [-0.15, -0.1) is 0 Å². The fourth-order valence-corrected chi connectivity index (χ4v) is 3.73. The molecule has 4 rings (SSSR count). The van der Waals surface area contributed by atoms with Crippen LogP contribution in [0.4, 0.5) is 4.39 Å². The fraction of sp³-hybridized carbons (Fsp3) is 0.318. The number of rotatable bonds is 4. The van der Waals surface area contributed by atoms with Gasteiger partial charge in [-0.25, -0.2) is 9.37 Å². The van der Waals surface area contributed by atoms with E-state index in [1.807, 2.05) is 13.0 Å². The summed E-state index contributed by atoms with van der Waals surface area (Å²) >= 11 is 0. The van der Waals surface area contributed by atoms with E-state index in [1.165, 1.54) is 30.5 Å². The molecule has 1 aliphatic heterocycles. The predicted octanol–water partition coefficient (Wildman–Crippen LogP) is 5.17. The van der Waals surface area contributed by atoms with Gasteiger partial charge in [0.05, 0.1) is 5.69 Å². The summed E-state index contributed by atoms with van der Waals surface area (Å²) in [5.74, 6) is 1.60. The predicted molar refractivity (Wildman–Crippen MR) is 100 cm³/mol. The van der Waals surface area contributed by atoms with Gasteiger partial charge in [0.15, 0.2) is 0 Å². The van der Waals surface area contributed by atoms with Crippen LogP contribution in [0.3, 0.4) is 0 Å². The third kappa shape index (κ3) is 3.70. The van der Waals surface area contributed by atoms with E-state index in [1.54, 1.807) is 6.07 Å². The normalized spacial score (nSPS) is 18.2. The molecule has 1 atom stereocenters. The number of aromatic nitrogens is 1. The van der Waals surface area contributed by atoms with Crippen molar-refractivity contribution in [3.05, 3.63) is 77.4 Å². The van der Waals surface area contributed by atoms with E-state index in [-0.39, 0.29) is 5.82 Å². The van der Waals surface area contributed by atoms with Crippen LogP contribution in [0.2, 0.25) is 0 Å². The number of hydrogen-bond acceptors (Lipinski definition) is 3. The zero-order chi connectivity index (χ0) is 17.9. The fourth-order valence-electron chi connectivity index (χ4n) is 3.73. The maximum absolute atomic E-state index is 13.5. The van der Waals surface area contributed by atoms with Crippen LogP contribution >= 0.6 is 0 Å². The van der Waals surface area contributed by atoms with E-state index in [0.29, 0.717) is 17.4 Å². The minimum absolute atomic E-state index is 0.276. The molecule has 2 heterocycles. The highest BCUT2D eigenvalue weighted by molar-refractivity contribution is 5.53. The Morgan fingerprint density at radius 2 is 2.00 bits per heavy atom. The van der Waals surface area contributed by atoms with E-state index in [9.17, 15) is 4.39 Å². The summed E-state index contributed by atoms with van der Waals surface area (Å²) in [4.78, 5) is 7.08. The number of piperidine rings is 1. The Morgan fingerprint density at radius 1 is 1.15 bits per heavy atom. The molecule has 1 aliphatic rings. The first-order valence-electron chi connectivity index (χ1n) is 9.18. The first-order valence-corrected chi connectivity index (χ1v) is 9.18.